The summed E-state index contributed by atoms with van der Waals surface area (Å²) in [6.07, 6.45) is 0. The molecular formula is C68H48B2N4OS. The van der Waals surface area contributed by atoms with E-state index in [0.29, 0.717) is 0 Å². The average Bonchev–Trinajstić information content (AvgIpc) is 3.46. The molecule has 0 fully saturated rings. The number of rotatable bonds is 8. The van der Waals surface area contributed by atoms with Crippen LogP contribution >= 0.6 is 11.8 Å². The standard InChI is InChI=1S/C68H48B2N4OS/c1-45-23-22-24-46(2)68(45)74-59-44-64-57(70-55-36-19-21-38-62(55)75-63-41-53(42-65(76-64)67(63)70)72(49-29-12-5-13-30-49)50-31-14-6-15-32-50)43-56(59)69-54-35-18-20-37-58(54)73(51-33-16-7-17-34-51)60-39-52(40-61(74)66(60)69)71(47-25-8-3-9-26-47)48-27-10-4-11-28-48/h3-44H,1-2H3. The molecule has 8 heteroatoms. The molecule has 0 bridgehead atoms. The highest BCUT2D eigenvalue weighted by Gasteiger charge is 2.47. The Kier molecular flexibility index (Phi) is 10.4. The zero-order valence-electron chi connectivity index (χ0n) is 42.0. The third kappa shape index (κ3) is 6.98. The van der Waals surface area contributed by atoms with Crippen LogP contribution in [0.1, 0.15) is 11.1 Å². The van der Waals surface area contributed by atoms with Gasteiger partial charge in [0, 0.05) is 67.0 Å². The van der Waals surface area contributed by atoms with Crippen molar-refractivity contribution in [1.29, 1.82) is 0 Å². The van der Waals surface area contributed by atoms with Crippen molar-refractivity contribution < 1.29 is 4.74 Å². The Bertz CT molecular complexity index is 3970. The molecule has 0 aromatic heterocycles. The average molecular weight is 991 g/mol. The first-order valence-corrected chi connectivity index (χ1v) is 27.0. The maximum Gasteiger partial charge on any atom is 0.253 e. The molecule has 0 saturated heterocycles. The van der Waals surface area contributed by atoms with Crippen molar-refractivity contribution in [3.05, 3.63) is 266 Å². The van der Waals surface area contributed by atoms with E-state index in [1.165, 1.54) is 76.4 Å². The van der Waals surface area contributed by atoms with E-state index in [9.17, 15) is 0 Å². The fourth-order valence-corrected chi connectivity index (χ4v) is 13.8. The third-order valence-corrected chi connectivity index (χ3v) is 16.8. The molecule has 15 rings (SSSR count). The smallest absolute Gasteiger partial charge is 0.253 e. The van der Waals surface area contributed by atoms with E-state index in [1.807, 2.05) is 11.8 Å². The first-order chi connectivity index (χ1) is 37.6. The predicted molar refractivity (Wildman–Crippen MR) is 321 cm³/mol. The number of anilines is 12. The summed E-state index contributed by atoms with van der Waals surface area (Å²) in [5.41, 5.74) is 23.5. The summed E-state index contributed by atoms with van der Waals surface area (Å²) in [4.78, 5) is 12.3. The van der Waals surface area contributed by atoms with Gasteiger partial charge in [0.2, 0.25) is 0 Å². The summed E-state index contributed by atoms with van der Waals surface area (Å²) in [5, 5.41) is 0. The van der Waals surface area contributed by atoms with Gasteiger partial charge in [0.1, 0.15) is 11.5 Å². The number of benzene rings is 11. The Labute approximate surface area is 449 Å². The summed E-state index contributed by atoms with van der Waals surface area (Å²) in [5.74, 6) is 1.79. The van der Waals surface area contributed by atoms with Gasteiger partial charge < -0.3 is 24.3 Å². The van der Waals surface area contributed by atoms with Crippen molar-refractivity contribution in [1.82, 2.24) is 0 Å². The number of hydrogen-bond acceptors (Lipinski definition) is 6. The van der Waals surface area contributed by atoms with E-state index in [1.54, 1.807) is 0 Å². The summed E-state index contributed by atoms with van der Waals surface area (Å²) >= 11 is 1.87. The zero-order valence-corrected chi connectivity index (χ0v) is 42.8. The maximum absolute atomic E-state index is 7.07. The van der Waals surface area contributed by atoms with Crippen LogP contribution < -0.4 is 57.1 Å². The molecule has 0 spiro atoms. The van der Waals surface area contributed by atoms with E-state index in [2.05, 4.69) is 288 Å². The second kappa shape index (κ2) is 17.8. The molecule has 0 unspecified atom stereocenters. The first-order valence-electron chi connectivity index (χ1n) is 26.1. The normalized spacial score (nSPS) is 13.1. The second-order valence-electron chi connectivity index (χ2n) is 20.1. The van der Waals surface area contributed by atoms with E-state index < -0.39 is 0 Å². The maximum atomic E-state index is 7.07. The predicted octanol–water partition coefficient (Wildman–Crippen LogP) is 14.4. The van der Waals surface area contributed by atoms with Gasteiger partial charge in [0.15, 0.2) is 0 Å². The summed E-state index contributed by atoms with van der Waals surface area (Å²) in [6.45, 7) is 4.39. The molecule has 0 aliphatic carbocycles. The van der Waals surface area contributed by atoms with Crippen LogP contribution in [0.4, 0.5) is 68.2 Å². The fourth-order valence-electron chi connectivity index (χ4n) is 12.6. The fraction of sp³-hybridized carbons (Fsp3) is 0.0294. The highest BCUT2D eigenvalue weighted by atomic mass is 32.2. The monoisotopic (exact) mass is 990 g/mol. The van der Waals surface area contributed by atoms with E-state index in [-0.39, 0.29) is 13.4 Å². The molecular weight excluding hydrogens is 942 g/mol. The number of nitrogens with zero attached hydrogens (tertiary/aromatic N) is 4. The van der Waals surface area contributed by atoms with E-state index in [4.69, 9.17) is 4.74 Å². The molecule has 5 nitrogen and oxygen atoms in total. The second-order valence-corrected chi connectivity index (χ2v) is 21.2. The van der Waals surface area contributed by atoms with Gasteiger partial charge in [-0.2, -0.15) is 0 Å². The van der Waals surface area contributed by atoms with Crippen molar-refractivity contribution in [3.63, 3.8) is 0 Å². The molecule has 358 valence electrons. The van der Waals surface area contributed by atoms with Gasteiger partial charge in [-0.25, -0.2) is 0 Å². The number of fused-ring (bicyclic) bond motifs is 8. The van der Waals surface area contributed by atoms with Gasteiger partial charge in [0.25, 0.3) is 13.4 Å². The Morgan fingerprint density at radius 2 is 0.842 bits per heavy atom. The van der Waals surface area contributed by atoms with Crippen LogP contribution in [0.5, 0.6) is 11.5 Å². The Morgan fingerprint density at radius 3 is 1.45 bits per heavy atom. The molecule has 0 saturated carbocycles. The number of hydrogen-bond donors (Lipinski definition) is 0. The van der Waals surface area contributed by atoms with Crippen molar-refractivity contribution in [3.8, 4) is 11.5 Å². The van der Waals surface area contributed by atoms with Gasteiger partial charge in [0.05, 0.1) is 17.1 Å². The van der Waals surface area contributed by atoms with E-state index in [0.717, 1.165) is 57.0 Å². The third-order valence-electron chi connectivity index (χ3n) is 15.7. The minimum Gasteiger partial charge on any atom is -0.458 e. The van der Waals surface area contributed by atoms with Crippen molar-refractivity contribution >= 4 is 126 Å². The van der Waals surface area contributed by atoms with Gasteiger partial charge in [-0.1, -0.05) is 169 Å². The Hall–Kier alpha value is -9.10. The minimum atomic E-state index is -0.0911. The molecule has 4 heterocycles. The molecule has 4 aliphatic heterocycles. The molecule has 76 heavy (non-hydrogen) atoms. The van der Waals surface area contributed by atoms with Crippen LogP contribution in [-0.2, 0) is 0 Å². The summed E-state index contributed by atoms with van der Waals surface area (Å²) in [7, 11) is 0. The van der Waals surface area contributed by atoms with Crippen LogP contribution in [0.25, 0.3) is 0 Å². The molecule has 0 amide bonds. The van der Waals surface area contributed by atoms with Crippen LogP contribution in [0.3, 0.4) is 0 Å². The summed E-state index contributed by atoms with van der Waals surface area (Å²) < 4.78 is 7.07. The largest absolute Gasteiger partial charge is 0.458 e. The van der Waals surface area contributed by atoms with Crippen molar-refractivity contribution in [2.24, 2.45) is 0 Å². The van der Waals surface area contributed by atoms with Crippen LogP contribution in [0.15, 0.2) is 265 Å². The van der Waals surface area contributed by atoms with Crippen LogP contribution in [0.2, 0.25) is 0 Å². The van der Waals surface area contributed by atoms with Crippen molar-refractivity contribution in [2.75, 3.05) is 19.6 Å². The van der Waals surface area contributed by atoms with Gasteiger partial charge in [-0.15, -0.1) is 0 Å². The summed E-state index contributed by atoms with van der Waals surface area (Å²) in [6, 6.07) is 93.1. The highest BCUT2D eigenvalue weighted by Crippen LogP contribution is 2.51. The number of aryl methyl sites for hydroxylation is 2. The molecule has 0 N–H and O–H groups in total. The highest BCUT2D eigenvalue weighted by molar-refractivity contribution is 8.00. The Morgan fingerprint density at radius 1 is 0.342 bits per heavy atom. The first kappa shape index (κ1) is 44.4. The van der Waals surface area contributed by atoms with Gasteiger partial charge >= 0.3 is 0 Å². The van der Waals surface area contributed by atoms with Gasteiger partial charge in [-0.05, 0) is 149 Å². The van der Waals surface area contributed by atoms with Crippen molar-refractivity contribution in [2.45, 2.75) is 23.6 Å². The lowest BCUT2D eigenvalue weighted by Crippen LogP contribution is -2.64. The molecule has 11 aromatic rings. The zero-order chi connectivity index (χ0) is 50.4. The quantitative estimate of drug-likeness (QED) is 0.141. The van der Waals surface area contributed by atoms with Crippen LogP contribution in [0, 0.1) is 13.8 Å². The van der Waals surface area contributed by atoms with E-state index >= 15 is 0 Å². The molecule has 0 radical (unpaired) electrons. The molecule has 4 aliphatic rings. The minimum absolute atomic E-state index is 0.0608. The van der Waals surface area contributed by atoms with Crippen LogP contribution in [-0.4, -0.2) is 13.4 Å². The SMILES string of the molecule is Cc1cccc(C)c1N1c2cc3c(cc2B2c4ccccc4N(c4ccccc4)c4cc(N(c5ccccc5)c5ccccc5)cc1c42)B1c2ccccc2Oc2cc(N(c4ccccc4)c4ccccc4)cc(c21)S3. The molecule has 11 aromatic carbocycles. The van der Waals surface area contributed by atoms with Gasteiger partial charge in [-0.3, -0.25) is 0 Å². The Balaban J connectivity index is 1.02. The lowest BCUT2D eigenvalue weighted by atomic mass is 9.31. The number of para-hydroxylation sites is 8. The lowest BCUT2D eigenvalue weighted by molar-refractivity contribution is 0.486. The lowest BCUT2D eigenvalue weighted by Gasteiger charge is -2.46. The molecule has 0 atom stereocenters. The topological polar surface area (TPSA) is 22.2 Å². The number of ether oxygens (including phenoxy) is 1.